The van der Waals surface area contributed by atoms with Crippen LogP contribution in [0, 0.1) is 0 Å². The molecular weight excluding hydrogens is 479 g/mol. The van der Waals surface area contributed by atoms with Crippen molar-refractivity contribution >= 4 is 22.8 Å². The summed E-state index contributed by atoms with van der Waals surface area (Å²) in [5.74, 6) is -0.0178. The summed E-state index contributed by atoms with van der Waals surface area (Å²) in [6.07, 6.45) is 2.16. The molecule has 0 unspecified atom stereocenters. The number of pyridine rings is 2. The number of fused-ring (bicyclic) bond motifs is 1. The lowest BCUT2D eigenvalue weighted by atomic mass is 9.93. The van der Waals surface area contributed by atoms with Crippen LogP contribution >= 0.6 is 0 Å². The lowest BCUT2D eigenvalue weighted by molar-refractivity contribution is -0.143. The minimum atomic E-state index is -4.60. The molecule has 1 aliphatic rings. The smallest absolute Gasteiger partial charge is 0.437 e. The van der Waals surface area contributed by atoms with Crippen LogP contribution in [0.2, 0.25) is 0 Å². The fraction of sp³-hybridized carbons (Fsp3) is 0.348. The predicted octanol–water partition coefficient (Wildman–Crippen LogP) is 4.91. The van der Waals surface area contributed by atoms with Gasteiger partial charge < -0.3 is 9.84 Å². The highest BCUT2D eigenvalue weighted by atomic mass is 19.4. The molecule has 1 saturated carbocycles. The minimum absolute atomic E-state index is 0.0608. The second kappa shape index (κ2) is 9.13. The third-order valence-corrected chi connectivity index (χ3v) is 6.30. The van der Waals surface area contributed by atoms with Gasteiger partial charge in [-0.2, -0.15) is 23.4 Å². The molecule has 0 radical (unpaired) electrons. The van der Waals surface area contributed by atoms with E-state index in [0.29, 0.717) is 36.9 Å². The van der Waals surface area contributed by atoms with Gasteiger partial charge in [0, 0.05) is 42.7 Å². The Morgan fingerprint density at radius 2 is 2.00 bits per heavy atom. The molecule has 0 aromatic carbocycles. The van der Waals surface area contributed by atoms with Crippen LogP contribution in [0.25, 0.3) is 22.2 Å². The standard InChI is InChI=1S/C23H22F3N7O3/c1-32(22(34)35)19-9-17-16(12-28-19)20(13-10-29-30-11-13)31-33(17)14-4-6-15(7-5-14)36-18-3-2-8-27-21(18)23(24,25)26/h2-3,8-12,14-15H,4-7H2,1H3,(H,29,30)(H,34,35)/t14-,15+. The SMILES string of the molecule is CN(C(=O)O)c1cc2c(cn1)c(-c1cn[nH]c1)nn2[C@H]1CC[C@@H](Oc2cccnc2C(F)(F)F)CC1. The fourth-order valence-corrected chi connectivity index (χ4v) is 4.46. The first-order valence-electron chi connectivity index (χ1n) is 11.3. The zero-order chi connectivity index (χ0) is 25.4. The first-order valence-corrected chi connectivity index (χ1v) is 11.3. The van der Waals surface area contributed by atoms with Gasteiger partial charge in [0.05, 0.1) is 23.9 Å². The number of ether oxygens (including phenoxy) is 1. The minimum Gasteiger partial charge on any atom is -0.488 e. The first kappa shape index (κ1) is 23.6. The highest BCUT2D eigenvalue weighted by Crippen LogP contribution is 2.39. The Labute approximate surface area is 202 Å². The van der Waals surface area contributed by atoms with Crippen molar-refractivity contribution < 1.29 is 27.8 Å². The quantitative estimate of drug-likeness (QED) is 0.398. The molecule has 1 amide bonds. The second-order valence-corrected chi connectivity index (χ2v) is 8.58. The fourth-order valence-electron chi connectivity index (χ4n) is 4.46. The lowest BCUT2D eigenvalue weighted by Gasteiger charge is -2.30. The van der Waals surface area contributed by atoms with Crippen LogP contribution in [0.4, 0.5) is 23.8 Å². The number of amides is 1. The highest BCUT2D eigenvalue weighted by Gasteiger charge is 2.37. The van der Waals surface area contributed by atoms with Crippen molar-refractivity contribution in [1.29, 1.82) is 0 Å². The van der Waals surface area contributed by atoms with Crippen LogP contribution in [0.3, 0.4) is 0 Å². The van der Waals surface area contributed by atoms with Gasteiger partial charge in [0.2, 0.25) is 0 Å². The van der Waals surface area contributed by atoms with Gasteiger partial charge in [-0.1, -0.05) is 0 Å². The van der Waals surface area contributed by atoms with E-state index in [0.717, 1.165) is 22.0 Å². The number of hydrogen-bond acceptors (Lipinski definition) is 6. The maximum atomic E-state index is 13.3. The third-order valence-electron chi connectivity index (χ3n) is 6.30. The Bertz CT molecular complexity index is 1380. The number of H-pyrrole nitrogens is 1. The average Bonchev–Trinajstić information content (AvgIpc) is 3.51. The van der Waals surface area contributed by atoms with Crippen LogP contribution < -0.4 is 9.64 Å². The molecule has 0 bridgehead atoms. The first-order chi connectivity index (χ1) is 17.2. The Morgan fingerprint density at radius 3 is 2.67 bits per heavy atom. The molecule has 36 heavy (non-hydrogen) atoms. The second-order valence-electron chi connectivity index (χ2n) is 8.58. The van der Waals surface area contributed by atoms with Crippen LogP contribution in [-0.2, 0) is 6.18 Å². The van der Waals surface area contributed by atoms with Crippen molar-refractivity contribution in [2.24, 2.45) is 0 Å². The van der Waals surface area contributed by atoms with Crippen LogP contribution in [0.5, 0.6) is 5.75 Å². The molecule has 4 heterocycles. The van der Waals surface area contributed by atoms with E-state index in [1.807, 2.05) is 4.68 Å². The van der Waals surface area contributed by atoms with Gasteiger partial charge >= 0.3 is 12.3 Å². The van der Waals surface area contributed by atoms with Crippen molar-refractivity contribution in [2.75, 3.05) is 11.9 Å². The topological polar surface area (TPSA) is 122 Å². The van der Waals surface area contributed by atoms with Crippen molar-refractivity contribution in [3.05, 3.63) is 48.7 Å². The molecular formula is C23H22F3N7O3. The van der Waals surface area contributed by atoms with Gasteiger partial charge in [-0.05, 0) is 37.8 Å². The Balaban J connectivity index is 1.41. The van der Waals surface area contributed by atoms with E-state index in [1.165, 1.54) is 19.2 Å². The number of halogens is 3. The molecule has 1 aliphatic carbocycles. The average molecular weight is 501 g/mol. The van der Waals surface area contributed by atoms with E-state index in [2.05, 4.69) is 20.2 Å². The summed E-state index contributed by atoms with van der Waals surface area (Å²) in [5, 5.41) is 21.7. The predicted molar refractivity (Wildman–Crippen MR) is 123 cm³/mol. The van der Waals surface area contributed by atoms with Crippen molar-refractivity contribution in [1.82, 2.24) is 29.9 Å². The molecule has 1 fully saturated rings. The number of nitrogens with zero attached hydrogens (tertiary/aromatic N) is 6. The molecule has 0 aliphatic heterocycles. The van der Waals surface area contributed by atoms with Crippen molar-refractivity contribution in [3.8, 4) is 17.0 Å². The summed E-state index contributed by atoms with van der Waals surface area (Å²) in [7, 11) is 1.41. The van der Waals surface area contributed by atoms with Gasteiger partial charge in [0.15, 0.2) is 11.4 Å². The summed E-state index contributed by atoms with van der Waals surface area (Å²) in [4.78, 5) is 20.2. The maximum Gasteiger partial charge on any atom is 0.437 e. The van der Waals surface area contributed by atoms with E-state index in [1.54, 1.807) is 24.7 Å². The van der Waals surface area contributed by atoms with E-state index in [9.17, 15) is 23.1 Å². The number of rotatable bonds is 5. The van der Waals surface area contributed by atoms with Gasteiger partial charge in [-0.15, -0.1) is 0 Å². The molecule has 4 aromatic heterocycles. The van der Waals surface area contributed by atoms with Crippen LogP contribution in [-0.4, -0.2) is 54.3 Å². The Morgan fingerprint density at radius 1 is 1.22 bits per heavy atom. The molecule has 5 rings (SSSR count). The van der Waals surface area contributed by atoms with Gasteiger partial charge in [-0.3, -0.25) is 14.7 Å². The largest absolute Gasteiger partial charge is 0.488 e. The summed E-state index contributed by atoms with van der Waals surface area (Å²) < 4.78 is 47.4. The Kier molecular flexibility index (Phi) is 5.98. The zero-order valence-electron chi connectivity index (χ0n) is 19.1. The van der Waals surface area contributed by atoms with Gasteiger partial charge in [-0.25, -0.2) is 14.8 Å². The van der Waals surface area contributed by atoms with Crippen LogP contribution in [0.1, 0.15) is 37.4 Å². The number of alkyl halides is 3. The number of anilines is 1. The molecule has 13 heteroatoms. The molecule has 0 saturated heterocycles. The van der Waals surface area contributed by atoms with Gasteiger partial charge in [0.1, 0.15) is 11.5 Å². The third kappa shape index (κ3) is 4.43. The lowest BCUT2D eigenvalue weighted by Crippen LogP contribution is -2.27. The molecule has 10 nitrogen and oxygen atoms in total. The molecule has 2 N–H and O–H groups in total. The highest BCUT2D eigenvalue weighted by molar-refractivity contribution is 5.95. The summed E-state index contributed by atoms with van der Waals surface area (Å²) >= 11 is 0. The molecule has 4 aromatic rings. The van der Waals surface area contributed by atoms with Crippen molar-refractivity contribution in [2.45, 2.75) is 44.0 Å². The summed E-state index contributed by atoms with van der Waals surface area (Å²) in [5.41, 5.74) is 1.09. The van der Waals surface area contributed by atoms with Crippen LogP contribution in [0.15, 0.2) is 43.0 Å². The van der Waals surface area contributed by atoms with E-state index in [4.69, 9.17) is 9.84 Å². The maximum absolute atomic E-state index is 13.3. The van der Waals surface area contributed by atoms with E-state index >= 15 is 0 Å². The monoisotopic (exact) mass is 501 g/mol. The normalized spacial score (nSPS) is 18.3. The van der Waals surface area contributed by atoms with E-state index in [-0.39, 0.29) is 17.6 Å². The molecule has 0 atom stereocenters. The summed E-state index contributed by atoms with van der Waals surface area (Å²) in [6.45, 7) is 0. The molecule has 0 spiro atoms. The number of carbonyl (C=O) groups is 1. The molecule has 188 valence electrons. The zero-order valence-corrected chi connectivity index (χ0v) is 19.1. The van der Waals surface area contributed by atoms with Crippen molar-refractivity contribution in [3.63, 3.8) is 0 Å². The number of aromatic nitrogens is 6. The summed E-state index contributed by atoms with van der Waals surface area (Å²) in [6, 6.07) is 4.32. The number of aromatic amines is 1. The number of nitrogens with one attached hydrogen (secondary N) is 1. The van der Waals surface area contributed by atoms with Gasteiger partial charge in [0.25, 0.3) is 0 Å². The number of hydrogen-bond donors (Lipinski definition) is 2. The Hall–Kier alpha value is -4.16. The van der Waals surface area contributed by atoms with E-state index < -0.39 is 24.1 Å². The number of carboxylic acid groups (broad SMARTS) is 1.